The lowest BCUT2D eigenvalue weighted by atomic mass is 10.2. The molecule has 0 aromatic heterocycles. The Morgan fingerprint density at radius 1 is 0.966 bits per heavy atom. The fourth-order valence-corrected chi connectivity index (χ4v) is 3.31. The zero-order valence-corrected chi connectivity index (χ0v) is 16.5. The molecule has 3 rings (SSSR count). The molecule has 3 aromatic carbocycles. The molecule has 0 aliphatic heterocycles. The van der Waals surface area contributed by atoms with E-state index >= 15 is 0 Å². The van der Waals surface area contributed by atoms with Crippen molar-refractivity contribution in [2.75, 3.05) is 23.5 Å². The number of para-hydroxylation sites is 2. The topological polar surface area (TPSA) is 67.4 Å². The average Bonchev–Trinajstić information content (AvgIpc) is 2.73. The minimum Gasteiger partial charge on any atom is -0.495 e. The number of methoxy groups -OCH3 is 1. The summed E-state index contributed by atoms with van der Waals surface area (Å²) in [4.78, 5) is 25.3. The Kier molecular flexibility index (Phi) is 6.86. The van der Waals surface area contributed by atoms with Gasteiger partial charge in [0.25, 0.3) is 5.91 Å². The van der Waals surface area contributed by atoms with Crippen molar-refractivity contribution in [2.24, 2.45) is 0 Å². The van der Waals surface area contributed by atoms with Crippen molar-refractivity contribution in [1.29, 1.82) is 0 Å². The van der Waals surface area contributed by atoms with Gasteiger partial charge < -0.3 is 15.4 Å². The number of anilines is 2. The van der Waals surface area contributed by atoms with Crippen molar-refractivity contribution in [3.8, 4) is 5.75 Å². The number of hydrogen-bond donors (Lipinski definition) is 2. The van der Waals surface area contributed by atoms with E-state index in [1.165, 1.54) is 36.0 Å². The Balaban J connectivity index is 1.57. The van der Waals surface area contributed by atoms with Gasteiger partial charge >= 0.3 is 0 Å². The van der Waals surface area contributed by atoms with Crippen LogP contribution in [0.25, 0.3) is 0 Å². The van der Waals surface area contributed by atoms with E-state index in [2.05, 4.69) is 10.6 Å². The molecule has 0 unspecified atom stereocenters. The minimum absolute atomic E-state index is 0.166. The van der Waals surface area contributed by atoms with Gasteiger partial charge in [0.05, 0.1) is 18.6 Å². The number of hydrogen-bond acceptors (Lipinski definition) is 4. The normalized spacial score (nSPS) is 10.3. The van der Waals surface area contributed by atoms with Crippen molar-refractivity contribution < 1.29 is 18.7 Å². The van der Waals surface area contributed by atoms with Crippen LogP contribution in [0, 0.1) is 5.82 Å². The van der Waals surface area contributed by atoms with Crippen LogP contribution in [0.4, 0.5) is 15.8 Å². The highest BCUT2D eigenvalue weighted by Crippen LogP contribution is 2.25. The number of thioether (sulfide) groups is 1. The van der Waals surface area contributed by atoms with Gasteiger partial charge in [0.15, 0.2) is 0 Å². The maximum absolute atomic E-state index is 13.0. The van der Waals surface area contributed by atoms with E-state index in [-0.39, 0.29) is 17.6 Å². The van der Waals surface area contributed by atoms with E-state index in [4.69, 9.17) is 4.74 Å². The summed E-state index contributed by atoms with van der Waals surface area (Å²) in [7, 11) is 1.55. The molecule has 2 N–H and O–H groups in total. The Morgan fingerprint density at radius 3 is 2.48 bits per heavy atom. The molecule has 7 heteroatoms. The van der Waals surface area contributed by atoms with Gasteiger partial charge in [0.1, 0.15) is 11.6 Å². The molecule has 0 saturated heterocycles. The van der Waals surface area contributed by atoms with Crippen molar-refractivity contribution in [1.82, 2.24) is 0 Å². The van der Waals surface area contributed by atoms with E-state index in [0.717, 1.165) is 4.90 Å². The molecule has 3 aromatic rings. The number of halogens is 1. The first-order valence-corrected chi connectivity index (χ1v) is 9.76. The van der Waals surface area contributed by atoms with Gasteiger partial charge in [0.2, 0.25) is 5.91 Å². The quantitative estimate of drug-likeness (QED) is 0.548. The van der Waals surface area contributed by atoms with E-state index in [1.807, 2.05) is 18.2 Å². The molecule has 0 fully saturated rings. The second-order valence-electron chi connectivity index (χ2n) is 6.03. The second-order valence-corrected chi connectivity index (χ2v) is 7.07. The van der Waals surface area contributed by atoms with E-state index in [0.29, 0.717) is 22.7 Å². The van der Waals surface area contributed by atoms with Crippen LogP contribution in [0.1, 0.15) is 10.4 Å². The lowest BCUT2D eigenvalue weighted by molar-refractivity contribution is -0.113. The summed E-state index contributed by atoms with van der Waals surface area (Å²) >= 11 is 1.35. The molecular formula is C22H19FN2O3S. The van der Waals surface area contributed by atoms with E-state index in [1.54, 1.807) is 37.4 Å². The molecule has 148 valence electrons. The summed E-state index contributed by atoms with van der Waals surface area (Å²) in [6, 6.07) is 19.7. The summed E-state index contributed by atoms with van der Waals surface area (Å²) in [6.45, 7) is 0. The van der Waals surface area contributed by atoms with E-state index in [9.17, 15) is 14.0 Å². The first-order valence-electron chi connectivity index (χ1n) is 8.78. The Morgan fingerprint density at radius 2 is 1.72 bits per heavy atom. The molecule has 0 radical (unpaired) electrons. The zero-order valence-electron chi connectivity index (χ0n) is 15.6. The highest BCUT2D eigenvalue weighted by molar-refractivity contribution is 8.00. The Bertz CT molecular complexity index is 1010. The Labute approximate surface area is 172 Å². The summed E-state index contributed by atoms with van der Waals surface area (Å²) in [6.07, 6.45) is 0. The number of carbonyl (C=O) groups is 2. The molecule has 0 bridgehead atoms. The van der Waals surface area contributed by atoms with Crippen molar-refractivity contribution in [3.05, 3.63) is 84.2 Å². The van der Waals surface area contributed by atoms with Crippen LogP contribution < -0.4 is 15.4 Å². The molecule has 5 nitrogen and oxygen atoms in total. The predicted molar refractivity (Wildman–Crippen MR) is 113 cm³/mol. The fourth-order valence-electron chi connectivity index (χ4n) is 2.55. The number of amides is 2. The highest BCUT2D eigenvalue weighted by atomic mass is 32.2. The van der Waals surface area contributed by atoms with Gasteiger partial charge in [-0.05, 0) is 54.6 Å². The van der Waals surface area contributed by atoms with Crippen LogP contribution in [0.2, 0.25) is 0 Å². The third-order valence-corrected chi connectivity index (χ3v) is 4.94. The van der Waals surface area contributed by atoms with Crippen LogP contribution in [0.5, 0.6) is 5.75 Å². The van der Waals surface area contributed by atoms with Crippen LogP contribution in [0.3, 0.4) is 0 Å². The molecule has 29 heavy (non-hydrogen) atoms. The van der Waals surface area contributed by atoms with Crippen LogP contribution in [-0.2, 0) is 4.79 Å². The monoisotopic (exact) mass is 410 g/mol. The number of ether oxygens (including phenoxy) is 1. The first kappa shape index (κ1) is 20.4. The SMILES string of the molecule is COc1ccccc1NC(=O)CSc1cccc(NC(=O)c2ccc(F)cc2)c1. The summed E-state index contributed by atoms with van der Waals surface area (Å²) in [5.41, 5.74) is 1.57. The molecule has 0 aliphatic rings. The summed E-state index contributed by atoms with van der Waals surface area (Å²) in [5.74, 6) is -0.100. The van der Waals surface area contributed by atoms with Gasteiger partial charge in [-0.3, -0.25) is 9.59 Å². The van der Waals surface area contributed by atoms with Crippen molar-refractivity contribution in [3.63, 3.8) is 0 Å². The number of nitrogens with one attached hydrogen (secondary N) is 2. The third kappa shape index (κ3) is 5.83. The number of rotatable bonds is 7. The standard InChI is InChI=1S/C22H19FN2O3S/c1-28-20-8-3-2-7-19(20)25-21(26)14-29-18-6-4-5-17(13-18)24-22(27)15-9-11-16(23)12-10-15/h2-13H,14H2,1H3,(H,24,27)(H,25,26). The van der Waals surface area contributed by atoms with Crippen LogP contribution >= 0.6 is 11.8 Å². The van der Waals surface area contributed by atoms with Crippen molar-refractivity contribution in [2.45, 2.75) is 4.90 Å². The Hall–Kier alpha value is -3.32. The number of carbonyl (C=O) groups excluding carboxylic acids is 2. The molecule has 0 spiro atoms. The highest BCUT2D eigenvalue weighted by Gasteiger charge is 2.09. The van der Waals surface area contributed by atoms with Crippen LogP contribution in [-0.4, -0.2) is 24.7 Å². The number of benzene rings is 3. The van der Waals surface area contributed by atoms with Crippen molar-refractivity contribution >= 4 is 35.0 Å². The fraction of sp³-hybridized carbons (Fsp3) is 0.0909. The molecule has 0 atom stereocenters. The van der Waals surface area contributed by atoms with Gasteiger partial charge in [-0.25, -0.2) is 4.39 Å². The second kappa shape index (κ2) is 9.75. The lowest BCUT2D eigenvalue weighted by Crippen LogP contribution is -2.14. The van der Waals surface area contributed by atoms with Gasteiger partial charge in [-0.1, -0.05) is 18.2 Å². The van der Waals surface area contributed by atoms with Gasteiger partial charge in [-0.2, -0.15) is 0 Å². The third-order valence-electron chi connectivity index (χ3n) is 3.95. The minimum atomic E-state index is -0.397. The van der Waals surface area contributed by atoms with Gasteiger partial charge in [-0.15, -0.1) is 11.8 Å². The summed E-state index contributed by atoms with van der Waals surface area (Å²) < 4.78 is 18.2. The summed E-state index contributed by atoms with van der Waals surface area (Å²) in [5, 5.41) is 5.59. The molecule has 0 saturated carbocycles. The van der Waals surface area contributed by atoms with Gasteiger partial charge in [0, 0.05) is 16.1 Å². The lowest BCUT2D eigenvalue weighted by Gasteiger charge is -2.10. The zero-order chi connectivity index (χ0) is 20.6. The smallest absolute Gasteiger partial charge is 0.255 e. The molecule has 2 amide bonds. The maximum Gasteiger partial charge on any atom is 0.255 e. The molecular weight excluding hydrogens is 391 g/mol. The molecule has 0 aliphatic carbocycles. The van der Waals surface area contributed by atoms with E-state index < -0.39 is 5.82 Å². The van der Waals surface area contributed by atoms with Crippen LogP contribution in [0.15, 0.2) is 77.7 Å². The largest absolute Gasteiger partial charge is 0.495 e. The first-order chi connectivity index (χ1) is 14.0. The average molecular weight is 410 g/mol. The molecule has 0 heterocycles. The predicted octanol–water partition coefficient (Wildman–Crippen LogP) is 4.82. The maximum atomic E-state index is 13.0.